The number of aryl methyl sites for hydroxylation is 1. The lowest BCUT2D eigenvalue weighted by Gasteiger charge is -2.29. The minimum atomic E-state index is -0.450. The van der Waals surface area contributed by atoms with E-state index in [1.54, 1.807) is 11.8 Å². The molecule has 2 N–H and O–H groups in total. The molecule has 1 aromatic heterocycles. The second-order valence-corrected chi connectivity index (χ2v) is 11.3. The molecule has 1 amide bonds. The van der Waals surface area contributed by atoms with Gasteiger partial charge in [-0.05, 0) is 67.3 Å². The zero-order valence-electron chi connectivity index (χ0n) is 22.1. The summed E-state index contributed by atoms with van der Waals surface area (Å²) in [5.74, 6) is 2.11. The predicted molar refractivity (Wildman–Crippen MR) is 160 cm³/mol. The summed E-state index contributed by atoms with van der Waals surface area (Å²) in [5.41, 5.74) is 5.11. The number of benzene rings is 3. The number of aromatic nitrogens is 3. The van der Waals surface area contributed by atoms with Crippen LogP contribution in [0.2, 0.25) is 0 Å². The Morgan fingerprint density at radius 2 is 1.82 bits per heavy atom. The molecule has 1 unspecified atom stereocenters. The molecule has 0 aliphatic carbocycles. The lowest BCUT2D eigenvalue weighted by molar-refractivity contribution is -0.113. The van der Waals surface area contributed by atoms with Gasteiger partial charge in [-0.25, -0.2) is 4.68 Å². The van der Waals surface area contributed by atoms with Crippen LogP contribution in [0.4, 0.5) is 11.6 Å². The first-order valence-corrected chi connectivity index (χ1v) is 14.6. The summed E-state index contributed by atoms with van der Waals surface area (Å²) in [4.78, 5) is 18.5. The maximum Gasteiger partial charge on any atom is 0.255 e. The first-order chi connectivity index (χ1) is 18.9. The summed E-state index contributed by atoms with van der Waals surface area (Å²) in [6.45, 7) is 6.48. The molecule has 0 bridgehead atoms. The predicted octanol–water partition coefficient (Wildman–Crippen LogP) is 7.36. The average molecular weight is 605 g/mol. The smallest absolute Gasteiger partial charge is 0.255 e. The van der Waals surface area contributed by atoms with Crippen LogP contribution in [0.15, 0.2) is 93.7 Å². The number of halogens is 1. The molecule has 0 saturated carbocycles. The number of anilines is 2. The fourth-order valence-electron chi connectivity index (χ4n) is 4.38. The first-order valence-electron chi connectivity index (χ1n) is 12.8. The van der Waals surface area contributed by atoms with Crippen LogP contribution in [-0.4, -0.2) is 26.4 Å². The normalized spacial score (nSPS) is 14.5. The van der Waals surface area contributed by atoms with Gasteiger partial charge in [-0.1, -0.05) is 77.1 Å². The second kappa shape index (κ2) is 12.1. The van der Waals surface area contributed by atoms with Crippen molar-refractivity contribution < 1.29 is 9.53 Å². The highest BCUT2D eigenvalue weighted by Crippen LogP contribution is 2.37. The van der Waals surface area contributed by atoms with Crippen molar-refractivity contribution in [3.05, 3.63) is 105 Å². The maximum absolute atomic E-state index is 13.7. The Kier molecular flexibility index (Phi) is 8.38. The Morgan fingerprint density at radius 1 is 1.08 bits per heavy atom. The van der Waals surface area contributed by atoms with E-state index >= 15 is 0 Å². The van der Waals surface area contributed by atoms with E-state index in [1.165, 1.54) is 0 Å². The number of nitrogens with one attached hydrogen (secondary N) is 2. The summed E-state index contributed by atoms with van der Waals surface area (Å²) in [5, 5.41) is 11.9. The molecule has 9 heteroatoms. The van der Waals surface area contributed by atoms with Crippen molar-refractivity contribution in [2.24, 2.45) is 0 Å². The zero-order chi connectivity index (χ0) is 27.4. The number of ether oxygens (including phenoxy) is 1. The molecule has 4 aromatic rings. The molecule has 0 fully saturated rings. The zero-order valence-corrected chi connectivity index (χ0v) is 24.5. The highest BCUT2D eigenvalue weighted by molar-refractivity contribution is 9.10. The highest BCUT2D eigenvalue weighted by Gasteiger charge is 2.34. The number of para-hydroxylation sites is 1. The summed E-state index contributed by atoms with van der Waals surface area (Å²) in [6, 6.07) is 23.2. The molecule has 0 spiro atoms. The average Bonchev–Trinajstić information content (AvgIpc) is 3.34. The molecule has 39 heavy (non-hydrogen) atoms. The van der Waals surface area contributed by atoms with Gasteiger partial charge in [0.25, 0.3) is 5.91 Å². The molecule has 1 atom stereocenters. The third-order valence-corrected chi connectivity index (χ3v) is 7.99. The molecule has 0 saturated heterocycles. The minimum Gasteiger partial charge on any atom is -0.489 e. The number of fused-ring (bicyclic) bond motifs is 1. The molecule has 3 aromatic carbocycles. The molecule has 1 aliphatic heterocycles. The second-order valence-electron chi connectivity index (χ2n) is 9.33. The van der Waals surface area contributed by atoms with Gasteiger partial charge in [-0.2, -0.15) is 4.98 Å². The monoisotopic (exact) mass is 603 g/mol. The summed E-state index contributed by atoms with van der Waals surface area (Å²) in [7, 11) is 0. The number of rotatable bonds is 9. The van der Waals surface area contributed by atoms with Gasteiger partial charge < -0.3 is 15.4 Å². The van der Waals surface area contributed by atoms with Crippen LogP contribution in [0.25, 0.3) is 0 Å². The molecule has 2 heterocycles. The quantitative estimate of drug-likeness (QED) is 0.195. The van der Waals surface area contributed by atoms with Crippen molar-refractivity contribution in [1.82, 2.24) is 14.8 Å². The number of carbonyl (C=O) groups excluding carboxylic acids is 1. The SMILES string of the molecule is CCCSc1nc2n(n1)C(c1ccc(OCc3ccc(Br)cc3)cc1)C(C(=O)Nc1ccccc1C)=C(C)N2. The summed E-state index contributed by atoms with van der Waals surface area (Å²) >= 11 is 5.07. The van der Waals surface area contributed by atoms with Crippen molar-refractivity contribution in [2.75, 3.05) is 16.4 Å². The fraction of sp³-hybridized carbons (Fsp3) is 0.233. The summed E-state index contributed by atoms with van der Waals surface area (Å²) < 4.78 is 8.87. The molecular weight excluding hydrogens is 574 g/mol. The van der Waals surface area contributed by atoms with Crippen molar-refractivity contribution in [3.8, 4) is 5.75 Å². The van der Waals surface area contributed by atoms with Crippen LogP contribution in [0, 0.1) is 6.92 Å². The van der Waals surface area contributed by atoms with Gasteiger partial charge in [0.15, 0.2) is 0 Å². The molecule has 200 valence electrons. The van der Waals surface area contributed by atoms with Gasteiger partial charge in [0, 0.05) is 21.6 Å². The third-order valence-electron chi connectivity index (χ3n) is 6.42. The lowest BCUT2D eigenvalue weighted by atomic mass is 9.95. The third kappa shape index (κ3) is 6.20. The first kappa shape index (κ1) is 27.0. The van der Waals surface area contributed by atoms with E-state index in [1.807, 2.05) is 91.3 Å². The molecule has 1 aliphatic rings. The number of nitrogens with zero attached hydrogens (tertiary/aromatic N) is 3. The standard InChI is InChI=1S/C30H30BrN5O2S/c1-4-17-39-30-34-29-32-20(3)26(28(37)33-25-8-6-5-7-19(25)2)27(36(29)35-30)22-11-15-24(16-12-22)38-18-21-9-13-23(31)14-10-21/h5-16,27H,4,17-18H2,1-3H3,(H,33,37)(H,32,34,35). The minimum absolute atomic E-state index is 0.182. The van der Waals surface area contributed by atoms with Crippen molar-refractivity contribution in [3.63, 3.8) is 0 Å². The Bertz CT molecular complexity index is 1500. The molecule has 0 radical (unpaired) electrons. The van der Waals surface area contributed by atoms with E-state index < -0.39 is 6.04 Å². The van der Waals surface area contributed by atoms with E-state index in [4.69, 9.17) is 14.8 Å². The van der Waals surface area contributed by atoms with E-state index in [2.05, 4.69) is 33.5 Å². The van der Waals surface area contributed by atoms with Gasteiger partial charge in [-0.3, -0.25) is 4.79 Å². The van der Waals surface area contributed by atoms with Gasteiger partial charge in [0.2, 0.25) is 11.1 Å². The number of thioether (sulfide) groups is 1. The van der Waals surface area contributed by atoms with E-state index in [0.29, 0.717) is 23.3 Å². The van der Waals surface area contributed by atoms with Gasteiger partial charge in [0.05, 0.1) is 5.57 Å². The van der Waals surface area contributed by atoms with Gasteiger partial charge in [0.1, 0.15) is 18.4 Å². The van der Waals surface area contributed by atoms with Crippen LogP contribution in [0.5, 0.6) is 5.75 Å². The van der Waals surface area contributed by atoms with Crippen LogP contribution >= 0.6 is 27.7 Å². The topological polar surface area (TPSA) is 81.1 Å². The fourth-order valence-corrected chi connectivity index (χ4v) is 5.33. The summed E-state index contributed by atoms with van der Waals surface area (Å²) in [6.07, 6.45) is 1.02. The Morgan fingerprint density at radius 3 is 2.54 bits per heavy atom. The molecular formula is C30H30BrN5O2S. The molecule has 7 nitrogen and oxygen atoms in total. The van der Waals surface area contributed by atoms with Gasteiger partial charge in [-0.15, -0.1) is 5.10 Å². The number of allylic oxidation sites excluding steroid dienone is 1. The number of hydrogen-bond acceptors (Lipinski definition) is 6. The maximum atomic E-state index is 13.7. The van der Waals surface area contributed by atoms with Crippen molar-refractivity contribution in [2.45, 2.75) is 45.0 Å². The largest absolute Gasteiger partial charge is 0.489 e. The highest BCUT2D eigenvalue weighted by atomic mass is 79.9. The lowest BCUT2D eigenvalue weighted by Crippen LogP contribution is -2.31. The Balaban J connectivity index is 1.45. The van der Waals surface area contributed by atoms with Crippen LogP contribution < -0.4 is 15.4 Å². The number of amides is 1. The van der Waals surface area contributed by atoms with Crippen LogP contribution in [-0.2, 0) is 11.4 Å². The van der Waals surface area contributed by atoms with E-state index in [-0.39, 0.29) is 5.91 Å². The number of carbonyl (C=O) groups is 1. The number of hydrogen-bond donors (Lipinski definition) is 2. The Labute approximate surface area is 241 Å². The van der Waals surface area contributed by atoms with Crippen LogP contribution in [0.1, 0.15) is 43.0 Å². The molecule has 5 rings (SSSR count). The van der Waals surface area contributed by atoms with Crippen molar-refractivity contribution >= 4 is 45.2 Å². The van der Waals surface area contributed by atoms with Crippen LogP contribution in [0.3, 0.4) is 0 Å². The Hall–Kier alpha value is -3.56. The van der Waals surface area contributed by atoms with Crippen molar-refractivity contribution in [1.29, 1.82) is 0 Å². The van der Waals surface area contributed by atoms with E-state index in [9.17, 15) is 4.79 Å². The van der Waals surface area contributed by atoms with E-state index in [0.717, 1.165) is 50.5 Å². The van der Waals surface area contributed by atoms with Gasteiger partial charge >= 0.3 is 0 Å².